The van der Waals surface area contributed by atoms with Gasteiger partial charge in [0.2, 0.25) is 0 Å². The van der Waals surface area contributed by atoms with Gasteiger partial charge in [0.05, 0.1) is 34.5 Å². The summed E-state index contributed by atoms with van der Waals surface area (Å²) in [7, 11) is 3.78. The second-order valence-electron chi connectivity index (χ2n) is 18.0. The Balaban J connectivity index is 1.41. The molecule has 4 aliphatic rings. The summed E-state index contributed by atoms with van der Waals surface area (Å²) in [6, 6.07) is 8.28. The van der Waals surface area contributed by atoms with Crippen LogP contribution in [0.1, 0.15) is 95.6 Å². The number of benzene rings is 1. The molecule has 3 saturated heterocycles. The van der Waals surface area contributed by atoms with E-state index in [9.17, 15) is 28.7 Å². The van der Waals surface area contributed by atoms with E-state index in [1.54, 1.807) is 30.0 Å². The number of aliphatic imine (C=N–C) groups is 1. The van der Waals surface area contributed by atoms with Crippen LogP contribution >= 0.6 is 11.3 Å². The Labute approximate surface area is 362 Å². The highest BCUT2D eigenvalue weighted by atomic mass is 32.1. The Morgan fingerprint density at radius 3 is 2.54 bits per heavy atom. The van der Waals surface area contributed by atoms with E-state index < -0.39 is 83.1 Å². The van der Waals surface area contributed by atoms with Crippen molar-refractivity contribution in [2.45, 2.75) is 129 Å². The number of nitrogens with one attached hydrogen (secondary N) is 1. The standard InChI is InChI=1S/C46H61FN4O9S/c1-11-35-46(8)39-27(4)36(48-20-21-51(39)44(56)60-46)25(2)24-45(7,19-13-16-32-17-18-34(61-32)41(54)49-31-15-12-14-30(47)23-31)40(28(5)37(52)29(6)42(55)58-35)59-43-38(53)33(50(9)10)22-26(3)57-43/h12,14-15,17-18,23,25-29,33,35,38-40,43,53H,11,19-22,24H2,1-10H3,(H,49,54)/t25-,26-,27+,28+,29-,33+,35-,38-,39-,40-,43+,45+,46-/m1/s1. The van der Waals surface area contributed by atoms with Gasteiger partial charge < -0.3 is 34.3 Å². The number of hydrogen-bond donors (Lipinski definition) is 2. The summed E-state index contributed by atoms with van der Waals surface area (Å²) in [5.41, 5.74) is -0.956. The molecular formula is C46H61FN4O9S. The van der Waals surface area contributed by atoms with Crippen LogP contribution in [-0.4, -0.2) is 120 Å². The maximum atomic E-state index is 14.7. The Hall–Kier alpha value is -4.20. The van der Waals surface area contributed by atoms with E-state index >= 15 is 0 Å². The molecule has 1 aromatic carbocycles. The highest BCUT2D eigenvalue weighted by Crippen LogP contribution is 2.46. The fourth-order valence-corrected chi connectivity index (χ4v) is 10.9. The molecule has 2 N–H and O–H groups in total. The number of cyclic esters (lactones) is 1. The molecule has 2 bridgehead atoms. The molecule has 6 rings (SSSR count). The molecule has 5 heterocycles. The lowest BCUT2D eigenvalue weighted by molar-refractivity contribution is -0.286. The van der Waals surface area contributed by atoms with Crippen molar-refractivity contribution >= 4 is 46.5 Å². The molecule has 1 aromatic heterocycles. The summed E-state index contributed by atoms with van der Waals surface area (Å²) in [6.45, 7) is 15.7. The molecule has 13 nitrogen and oxygen atoms in total. The number of carbonyl (C=O) groups excluding carboxylic acids is 4. The van der Waals surface area contributed by atoms with Gasteiger partial charge in [-0.1, -0.05) is 52.5 Å². The van der Waals surface area contributed by atoms with Crippen molar-refractivity contribution in [3.63, 3.8) is 0 Å². The second-order valence-corrected chi connectivity index (χ2v) is 19.1. The largest absolute Gasteiger partial charge is 0.458 e. The number of carbonyl (C=O) groups is 4. The maximum Gasteiger partial charge on any atom is 0.410 e. The number of likely N-dealkylation sites (N-methyl/N-ethyl adjacent to an activating group) is 1. The monoisotopic (exact) mass is 864 g/mol. The molecule has 0 unspecified atom stereocenters. The molecule has 2 amide bonds. The molecule has 15 heteroatoms. The minimum atomic E-state index is -1.22. The molecule has 0 saturated carbocycles. The molecular weight excluding hydrogens is 804 g/mol. The number of esters is 1. The Morgan fingerprint density at radius 2 is 1.85 bits per heavy atom. The number of amides is 2. The lowest BCUT2D eigenvalue weighted by atomic mass is 9.66. The number of halogens is 1. The van der Waals surface area contributed by atoms with Crippen LogP contribution in [0.5, 0.6) is 0 Å². The summed E-state index contributed by atoms with van der Waals surface area (Å²) >= 11 is 1.19. The number of nitrogens with zero attached hydrogens (tertiary/aromatic N) is 3. The number of aliphatic hydroxyl groups is 1. The van der Waals surface area contributed by atoms with Gasteiger partial charge in [-0.3, -0.25) is 24.3 Å². The average molecular weight is 865 g/mol. The molecule has 0 radical (unpaired) electrons. The molecule has 0 spiro atoms. The van der Waals surface area contributed by atoms with Gasteiger partial charge in [-0.05, 0) is 90.4 Å². The minimum Gasteiger partial charge on any atom is -0.458 e. The van der Waals surface area contributed by atoms with Crippen LogP contribution in [0.25, 0.3) is 0 Å². The summed E-state index contributed by atoms with van der Waals surface area (Å²) in [5.74, 6) is 1.93. The summed E-state index contributed by atoms with van der Waals surface area (Å²) in [4.78, 5) is 65.0. The SMILES string of the molecule is CC[C@H]1OC(=O)[C@H](C)C(=O)[C@H](C)[C@@H](O[C@@H]2O[C@H](C)C[C@H](N(C)C)[C@H]2O)[C@@](C)(CC#Cc2ccc(C(=O)Nc3cccc(F)c3)s2)C[C@@H](C)C2=NCCN3C(=O)O[C@@]1(C)[C@H]3[C@H]2C. The summed E-state index contributed by atoms with van der Waals surface area (Å²) in [5, 5.41) is 14.4. The first-order chi connectivity index (χ1) is 28.8. The van der Waals surface area contributed by atoms with Gasteiger partial charge in [-0.25, -0.2) is 9.18 Å². The molecule has 332 valence electrons. The van der Waals surface area contributed by atoms with Gasteiger partial charge in [-0.15, -0.1) is 11.3 Å². The first kappa shape index (κ1) is 46.3. The lowest BCUT2D eigenvalue weighted by Gasteiger charge is -2.47. The molecule has 2 aromatic rings. The quantitative estimate of drug-likeness (QED) is 0.177. The van der Waals surface area contributed by atoms with E-state index in [-0.39, 0.29) is 30.4 Å². The van der Waals surface area contributed by atoms with E-state index in [2.05, 4.69) is 24.1 Å². The topological polar surface area (TPSA) is 156 Å². The van der Waals surface area contributed by atoms with Crippen LogP contribution in [-0.2, 0) is 28.5 Å². The fourth-order valence-electron chi connectivity index (χ4n) is 10.1. The van der Waals surface area contributed by atoms with Crippen molar-refractivity contribution in [1.29, 1.82) is 0 Å². The summed E-state index contributed by atoms with van der Waals surface area (Å²) in [6.07, 6.45) is -3.15. The predicted octanol–water partition coefficient (Wildman–Crippen LogP) is 6.57. The van der Waals surface area contributed by atoms with E-state index in [0.717, 1.165) is 5.71 Å². The Bertz CT molecular complexity index is 2070. The van der Waals surface area contributed by atoms with E-state index in [0.29, 0.717) is 47.8 Å². The molecule has 13 atom stereocenters. The van der Waals surface area contributed by atoms with Crippen LogP contribution in [0, 0.1) is 46.7 Å². The fraction of sp³-hybridized carbons (Fsp3) is 0.630. The molecule has 4 aliphatic heterocycles. The summed E-state index contributed by atoms with van der Waals surface area (Å²) < 4.78 is 39.3. The van der Waals surface area contributed by atoms with Crippen molar-refractivity contribution in [2.24, 2.45) is 34.1 Å². The molecule has 61 heavy (non-hydrogen) atoms. The van der Waals surface area contributed by atoms with Crippen molar-refractivity contribution in [3.05, 3.63) is 52.0 Å². The van der Waals surface area contributed by atoms with Gasteiger partial charge in [-0.2, -0.15) is 0 Å². The highest BCUT2D eigenvalue weighted by Gasteiger charge is 2.60. The van der Waals surface area contributed by atoms with Crippen molar-refractivity contribution in [1.82, 2.24) is 9.80 Å². The van der Waals surface area contributed by atoms with E-state index in [1.165, 1.54) is 36.5 Å². The smallest absolute Gasteiger partial charge is 0.410 e. The normalized spacial score (nSPS) is 35.9. The number of ketones is 1. The van der Waals surface area contributed by atoms with Gasteiger partial charge in [0.25, 0.3) is 5.91 Å². The van der Waals surface area contributed by atoms with Crippen LogP contribution in [0.2, 0.25) is 0 Å². The van der Waals surface area contributed by atoms with Gasteiger partial charge in [0.15, 0.2) is 17.7 Å². The second kappa shape index (κ2) is 18.6. The number of aliphatic hydroxyl groups excluding tert-OH is 1. The zero-order valence-corrected chi connectivity index (χ0v) is 37.7. The first-order valence-electron chi connectivity index (χ1n) is 21.4. The number of thiophene rings is 1. The van der Waals surface area contributed by atoms with Crippen LogP contribution in [0.4, 0.5) is 14.9 Å². The van der Waals surface area contributed by atoms with Gasteiger partial charge >= 0.3 is 12.1 Å². The number of hydrogen-bond acceptors (Lipinski definition) is 12. The van der Waals surface area contributed by atoms with E-state index in [4.69, 9.17) is 23.9 Å². The first-order valence-corrected chi connectivity index (χ1v) is 22.2. The third-order valence-electron chi connectivity index (χ3n) is 13.1. The van der Waals surface area contributed by atoms with Crippen molar-refractivity contribution in [3.8, 4) is 11.8 Å². The van der Waals surface area contributed by atoms with Gasteiger partial charge in [0.1, 0.15) is 23.9 Å². The number of anilines is 1. The minimum absolute atomic E-state index is 0.199. The Morgan fingerprint density at radius 1 is 1.11 bits per heavy atom. The molecule has 0 aliphatic carbocycles. The number of Topliss-reactive ketones (excluding diaryl/α,β-unsaturated/α-hetero) is 1. The van der Waals surface area contributed by atoms with Crippen LogP contribution < -0.4 is 5.32 Å². The van der Waals surface area contributed by atoms with Crippen molar-refractivity contribution in [2.75, 3.05) is 32.5 Å². The predicted molar refractivity (Wildman–Crippen MR) is 230 cm³/mol. The third-order valence-corrected chi connectivity index (χ3v) is 14.1. The van der Waals surface area contributed by atoms with E-state index in [1.807, 2.05) is 53.6 Å². The number of rotatable bonds is 7. The zero-order valence-electron chi connectivity index (χ0n) is 36.9. The third kappa shape index (κ3) is 9.59. The number of fused-ring (bicyclic) bond motifs is 1. The highest BCUT2D eigenvalue weighted by molar-refractivity contribution is 7.14. The zero-order chi connectivity index (χ0) is 44.6. The Kier molecular flexibility index (Phi) is 14.2. The lowest BCUT2D eigenvalue weighted by Crippen LogP contribution is -2.58. The van der Waals surface area contributed by atoms with Crippen LogP contribution in [0.3, 0.4) is 0 Å². The average Bonchev–Trinajstić information content (AvgIpc) is 3.72. The van der Waals surface area contributed by atoms with Crippen molar-refractivity contribution < 1.29 is 47.6 Å². The van der Waals surface area contributed by atoms with Crippen LogP contribution in [0.15, 0.2) is 41.4 Å². The maximum absolute atomic E-state index is 14.7. The van der Waals surface area contributed by atoms with Gasteiger partial charge in [0, 0.05) is 47.7 Å². The molecule has 3 fully saturated rings. The number of ether oxygens (including phenoxy) is 4.